The summed E-state index contributed by atoms with van der Waals surface area (Å²) in [5, 5.41) is 6.12. The van der Waals surface area contributed by atoms with E-state index in [9.17, 15) is 4.79 Å². The molecule has 98 valence electrons. The lowest BCUT2D eigenvalue weighted by Crippen LogP contribution is -2.28. The molecule has 5 heteroatoms. The maximum Gasteiger partial charge on any atom is 0.237 e. The third kappa shape index (κ3) is 2.79. The number of hydrogen-bond donors (Lipinski definition) is 2. The fourth-order valence-corrected chi connectivity index (χ4v) is 2.12. The SMILES string of the molecule is CCOc1ncccc1NC(=O)C1CNCC1C. The zero-order valence-electron chi connectivity index (χ0n) is 10.8. The minimum atomic E-state index is 0.0136. The second-order valence-electron chi connectivity index (χ2n) is 4.52. The van der Waals surface area contributed by atoms with E-state index in [0.717, 1.165) is 13.1 Å². The van der Waals surface area contributed by atoms with Gasteiger partial charge < -0.3 is 15.4 Å². The number of carbonyl (C=O) groups is 1. The molecule has 1 aromatic heterocycles. The minimum Gasteiger partial charge on any atom is -0.476 e. The Morgan fingerprint density at radius 2 is 2.44 bits per heavy atom. The molecule has 0 spiro atoms. The second-order valence-corrected chi connectivity index (χ2v) is 4.52. The lowest BCUT2D eigenvalue weighted by Gasteiger charge is -2.15. The van der Waals surface area contributed by atoms with Gasteiger partial charge in [-0.25, -0.2) is 4.98 Å². The number of nitrogens with one attached hydrogen (secondary N) is 2. The molecule has 1 fully saturated rings. The van der Waals surface area contributed by atoms with E-state index in [1.165, 1.54) is 0 Å². The fraction of sp³-hybridized carbons (Fsp3) is 0.538. The van der Waals surface area contributed by atoms with Crippen LogP contribution in [0.5, 0.6) is 5.88 Å². The van der Waals surface area contributed by atoms with Crippen LogP contribution in [0.25, 0.3) is 0 Å². The Morgan fingerprint density at radius 1 is 1.61 bits per heavy atom. The van der Waals surface area contributed by atoms with Crippen LogP contribution in [0.1, 0.15) is 13.8 Å². The van der Waals surface area contributed by atoms with Crippen molar-refractivity contribution in [3.8, 4) is 5.88 Å². The van der Waals surface area contributed by atoms with E-state index in [-0.39, 0.29) is 11.8 Å². The summed E-state index contributed by atoms with van der Waals surface area (Å²) in [6.45, 7) is 6.13. The first-order chi connectivity index (χ1) is 8.72. The molecule has 2 atom stereocenters. The summed E-state index contributed by atoms with van der Waals surface area (Å²) in [6, 6.07) is 3.59. The molecule has 0 saturated carbocycles. The summed E-state index contributed by atoms with van der Waals surface area (Å²) >= 11 is 0. The van der Waals surface area contributed by atoms with Crippen LogP contribution in [0.15, 0.2) is 18.3 Å². The number of aromatic nitrogens is 1. The standard InChI is InChI=1S/C13H19N3O2/c1-3-18-13-11(5-4-6-15-13)16-12(17)10-8-14-7-9(10)2/h4-6,9-10,14H,3,7-8H2,1-2H3,(H,16,17). The van der Waals surface area contributed by atoms with Gasteiger partial charge in [0.05, 0.1) is 12.5 Å². The van der Waals surface area contributed by atoms with Crippen molar-refractivity contribution in [1.29, 1.82) is 0 Å². The number of ether oxygens (including phenoxy) is 1. The van der Waals surface area contributed by atoms with Crippen molar-refractivity contribution in [3.63, 3.8) is 0 Å². The van der Waals surface area contributed by atoms with Gasteiger partial charge in [0.1, 0.15) is 5.69 Å². The highest BCUT2D eigenvalue weighted by Gasteiger charge is 2.29. The minimum absolute atomic E-state index is 0.0136. The van der Waals surface area contributed by atoms with Crippen molar-refractivity contribution >= 4 is 11.6 Å². The molecule has 1 aliphatic heterocycles. The van der Waals surface area contributed by atoms with Gasteiger partial charge in [-0.3, -0.25) is 4.79 Å². The van der Waals surface area contributed by atoms with Crippen molar-refractivity contribution < 1.29 is 9.53 Å². The van der Waals surface area contributed by atoms with Crippen LogP contribution in [0.2, 0.25) is 0 Å². The van der Waals surface area contributed by atoms with Crippen LogP contribution < -0.4 is 15.4 Å². The Bertz CT molecular complexity index is 422. The van der Waals surface area contributed by atoms with E-state index < -0.39 is 0 Å². The molecule has 2 unspecified atom stereocenters. The van der Waals surface area contributed by atoms with Crippen molar-refractivity contribution in [1.82, 2.24) is 10.3 Å². The van der Waals surface area contributed by atoms with Crippen LogP contribution in [-0.2, 0) is 4.79 Å². The predicted molar refractivity (Wildman–Crippen MR) is 69.6 cm³/mol. The molecule has 2 heterocycles. The summed E-state index contributed by atoms with van der Waals surface area (Å²) in [4.78, 5) is 16.3. The zero-order valence-corrected chi connectivity index (χ0v) is 10.8. The number of carbonyl (C=O) groups excluding carboxylic acids is 1. The van der Waals surface area contributed by atoms with Crippen LogP contribution in [-0.4, -0.2) is 30.6 Å². The Morgan fingerprint density at radius 3 is 3.11 bits per heavy atom. The number of hydrogen-bond acceptors (Lipinski definition) is 4. The number of amides is 1. The van der Waals surface area contributed by atoms with E-state index in [4.69, 9.17) is 4.74 Å². The highest BCUT2D eigenvalue weighted by molar-refractivity contribution is 5.94. The molecule has 0 aromatic carbocycles. The molecule has 1 aromatic rings. The molecular weight excluding hydrogens is 230 g/mol. The van der Waals surface area contributed by atoms with Gasteiger partial charge in [0.2, 0.25) is 11.8 Å². The third-order valence-electron chi connectivity index (χ3n) is 3.16. The quantitative estimate of drug-likeness (QED) is 0.843. The number of rotatable bonds is 4. The van der Waals surface area contributed by atoms with E-state index in [1.54, 1.807) is 12.3 Å². The first kappa shape index (κ1) is 12.8. The van der Waals surface area contributed by atoms with Crippen molar-refractivity contribution in [3.05, 3.63) is 18.3 Å². The largest absolute Gasteiger partial charge is 0.476 e. The predicted octanol–water partition coefficient (Wildman–Crippen LogP) is 1.27. The van der Waals surface area contributed by atoms with Gasteiger partial charge >= 0.3 is 0 Å². The molecule has 0 radical (unpaired) electrons. The lowest BCUT2D eigenvalue weighted by atomic mass is 9.97. The van der Waals surface area contributed by atoms with Crippen LogP contribution in [0, 0.1) is 11.8 Å². The van der Waals surface area contributed by atoms with Crippen LogP contribution >= 0.6 is 0 Å². The summed E-state index contributed by atoms with van der Waals surface area (Å²) in [7, 11) is 0. The maximum absolute atomic E-state index is 12.1. The highest BCUT2D eigenvalue weighted by atomic mass is 16.5. The molecule has 1 amide bonds. The number of pyridine rings is 1. The van der Waals surface area contributed by atoms with Gasteiger partial charge in [0.25, 0.3) is 0 Å². The van der Waals surface area contributed by atoms with E-state index >= 15 is 0 Å². The van der Waals surface area contributed by atoms with Gasteiger partial charge in [-0.1, -0.05) is 6.92 Å². The van der Waals surface area contributed by atoms with Crippen LogP contribution in [0.4, 0.5) is 5.69 Å². The molecule has 2 rings (SSSR count). The van der Waals surface area contributed by atoms with Gasteiger partial charge in [-0.2, -0.15) is 0 Å². The smallest absolute Gasteiger partial charge is 0.237 e. The van der Waals surface area contributed by atoms with Gasteiger partial charge in [0, 0.05) is 12.7 Å². The average Bonchev–Trinajstić information content (AvgIpc) is 2.78. The first-order valence-electron chi connectivity index (χ1n) is 6.31. The van der Waals surface area contributed by atoms with Crippen molar-refractivity contribution in [2.24, 2.45) is 11.8 Å². The summed E-state index contributed by atoms with van der Waals surface area (Å²) in [6.07, 6.45) is 1.65. The molecule has 1 aliphatic rings. The normalized spacial score (nSPS) is 22.8. The molecule has 0 aliphatic carbocycles. The van der Waals surface area contributed by atoms with E-state index in [1.807, 2.05) is 13.0 Å². The number of nitrogens with zero attached hydrogens (tertiary/aromatic N) is 1. The molecule has 0 bridgehead atoms. The lowest BCUT2D eigenvalue weighted by molar-refractivity contribution is -0.120. The molecule has 18 heavy (non-hydrogen) atoms. The number of anilines is 1. The van der Waals surface area contributed by atoms with Gasteiger partial charge in [-0.15, -0.1) is 0 Å². The third-order valence-corrected chi connectivity index (χ3v) is 3.16. The maximum atomic E-state index is 12.1. The molecule has 1 saturated heterocycles. The molecule has 2 N–H and O–H groups in total. The average molecular weight is 249 g/mol. The monoisotopic (exact) mass is 249 g/mol. The van der Waals surface area contributed by atoms with Crippen molar-refractivity contribution in [2.45, 2.75) is 13.8 Å². The van der Waals surface area contributed by atoms with Gasteiger partial charge in [0.15, 0.2) is 0 Å². The summed E-state index contributed by atoms with van der Waals surface area (Å²) < 4.78 is 5.39. The van der Waals surface area contributed by atoms with Crippen LogP contribution in [0.3, 0.4) is 0 Å². The Kier molecular flexibility index (Phi) is 4.15. The fourth-order valence-electron chi connectivity index (χ4n) is 2.12. The first-order valence-corrected chi connectivity index (χ1v) is 6.31. The Labute approximate surface area is 107 Å². The zero-order chi connectivity index (χ0) is 13.0. The topological polar surface area (TPSA) is 63.2 Å². The van der Waals surface area contributed by atoms with Gasteiger partial charge in [-0.05, 0) is 31.5 Å². The highest BCUT2D eigenvalue weighted by Crippen LogP contribution is 2.23. The molecule has 5 nitrogen and oxygen atoms in total. The van der Waals surface area contributed by atoms with E-state index in [2.05, 4.69) is 22.5 Å². The van der Waals surface area contributed by atoms with E-state index in [0.29, 0.717) is 24.1 Å². The van der Waals surface area contributed by atoms with Crippen molar-refractivity contribution in [2.75, 3.05) is 25.0 Å². The second kappa shape index (κ2) is 5.82. The Balaban J connectivity index is 2.06. The molecular formula is C13H19N3O2. The Hall–Kier alpha value is -1.62. The summed E-state index contributed by atoms with van der Waals surface area (Å²) in [5.74, 6) is 0.880. The summed E-state index contributed by atoms with van der Waals surface area (Å²) in [5.41, 5.74) is 0.642.